The summed E-state index contributed by atoms with van der Waals surface area (Å²) >= 11 is 1.85. The summed E-state index contributed by atoms with van der Waals surface area (Å²) in [5.74, 6) is 4.32. The molecule has 11 N–H and O–H groups in total. The number of Topliss-reactive ketones (excluding diaryl/α,β-unsaturated/α-hetero) is 1. The number of phosphoric ester groups is 1. The van der Waals surface area contributed by atoms with E-state index in [0.717, 1.165) is 29.6 Å². The van der Waals surface area contributed by atoms with Crippen LogP contribution in [0.25, 0.3) is 20.9 Å². The van der Waals surface area contributed by atoms with Crippen molar-refractivity contribution in [3.05, 3.63) is 73.0 Å². The van der Waals surface area contributed by atoms with Crippen molar-refractivity contribution < 1.29 is 108 Å². The van der Waals surface area contributed by atoms with Gasteiger partial charge in [-0.2, -0.15) is 25.4 Å². The van der Waals surface area contributed by atoms with Gasteiger partial charge >= 0.3 is 35.2 Å². The Hall–Kier alpha value is -6.29. The second-order valence-corrected chi connectivity index (χ2v) is 25.4. The van der Waals surface area contributed by atoms with Gasteiger partial charge in [-0.3, -0.25) is 33.1 Å². The zero-order valence-electron chi connectivity index (χ0n) is 49.0. The maximum atomic E-state index is 12.9. The lowest BCUT2D eigenvalue weighted by Crippen LogP contribution is -2.36. The number of fused-ring (bicyclic) bond motifs is 1. The van der Waals surface area contributed by atoms with E-state index in [1.54, 1.807) is 18.2 Å². The lowest BCUT2D eigenvalue weighted by atomic mass is 9.97. The molecule has 3 fully saturated rings. The summed E-state index contributed by atoms with van der Waals surface area (Å²) in [6.07, 6.45) is 1.56. The number of carbonyl (C=O) groups excluding carboxylic acids is 5. The topological polar surface area (TPSA) is 538 Å². The van der Waals surface area contributed by atoms with Gasteiger partial charge in [-0.05, 0) is 67.3 Å². The molecule has 0 saturated carbocycles. The highest BCUT2D eigenvalue weighted by Gasteiger charge is 2.44. The number of ketones is 1. The Kier molecular flexibility index (Phi) is 33.1. The van der Waals surface area contributed by atoms with E-state index in [9.17, 15) is 52.2 Å². The fourth-order valence-corrected chi connectivity index (χ4v) is 13.3. The molecular formula is C49H73N14O24P3S. The first-order valence-corrected chi connectivity index (χ1v) is 33.8. The van der Waals surface area contributed by atoms with Gasteiger partial charge < -0.3 is 79.7 Å². The van der Waals surface area contributed by atoms with Crippen molar-refractivity contribution in [1.82, 2.24) is 36.3 Å². The molecule has 0 spiro atoms. The Morgan fingerprint density at radius 1 is 0.879 bits per heavy atom. The van der Waals surface area contributed by atoms with Crippen LogP contribution in [0.3, 0.4) is 0 Å². The molecule has 1 aromatic carbocycles. The normalized spacial score (nSPS) is 20.0. The number of thioether (sulfide) groups is 1. The predicted molar refractivity (Wildman–Crippen MR) is 317 cm³/mol. The first-order valence-electron chi connectivity index (χ1n) is 28.2. The van der Waals surface area contributed by atoms with E-state index in [4.69, 9.17) is 69.1 Å². The molecule has 9 atom stereocenters. The second-order valence-electron chi connectivity index (χ2n) is 19.7. The monoisotopic (exact) mass is 1370 g/mol. The number of nitrogens with one attached hydrogen (secondary N) is 5. The van der Waals surface area contributed by atoms with E-state index in [0.29, 0.717) is 37.9 Å². The number of benzene rings is 1. The Morgan fingerprint density at radius 3 is 2.37 bits per heavy atom. The van der Waals surface area contributed by atoms with Crippen LogP contribution < -0.4 is 42.9 Å². The Labute approximate surface area is 524 Å². The number of anilines is 1. The molecule has 2 aromatic rings. The molecule has 5 rings (SSSR count). The number of aromatic nitrogens is 2. The molecule has 3 saturated heterocycles. The minimum Gasteiger partial charge on any atom is -0.491 e. The highest BCUT2D eigenvalue weighted by molar-refractivity contribution is 8.00. The highest BCUT2D eigenvalue weighted by atomic mass is 32.2. The molecule has 42 heteroatoms. The van der Waals surface area contributed by atoms with Crippen molar-refractivity contribution in [1.29, 1.82) is 0 Å². The van der Waals surface area contributed by atoms with Crippen LogP contribution in [0.1, 0.15) is 79.9 Å². The molecule has 38 nitrogen and oxygen atoms in total. The summed E-state index contributed by atoms with van der Waals surface area (Å²) in [5, 5.41) is 18.5. The van der Waals surface area contributed by atoms with E-state index >= 15 is 0 Å². The summed E-state index contributed by atoms with van der Waals surface area (Å²) in [4.78, 5) is 125. The molecule has 7 unspecified atom stereocenters. The van der Waals surface area contributed by atoms with Gasteiger partial charge in [0.05, 0.1) is 96.4 Å². The molecule has 1 aromatic heterocycles. The number of hydrogen-bond donors (Lipinski definition) is 10. The third kappa shape index (κ3) is 29.9. The van der Waals surface area contributed by atoms with Crippen LogP contribution in [-0.2, 0) is 74.5 Å². The van der Waals surface area contributed by atoms with Gasteiger partial charge in [0.1, 0.15) is 36.8 Å². The average Bonchev–Trinajstić information content (AvgIpc) is 1.81. The maximum absolute atomic E-state index is 12.9. The zero-order valence-corrected chi connectivity index (χ0v) is 52.5. The van der Waals surface area contributed by atoms with Gasteiger partial charge in [-0.1, -0.05) is 34.6 Å². The molecule has 5 amide bonds. The van der Waals surface area contributed by atoms with Crippen LogP contribution in [0.15, 0.2) is 45.5 Å². The number of azide groups is 2. The number of urea groups is 1. The van der Waals surface area contributed by atoms with Gasteiger partial charge in [0.25, 0.3) is 5.91 Å². The number of rotatable bonds is 45. The number of hydrogen-bond acceptors (Lipinski definition) is 25. The molecule has 504 valence electrons. The molecule has 0 bridgehead atoms. The Balaban J connectivity index is 0.871. The predicted octanol–water partition coefficient (Wildman–Crippen LogP) is 2.28. The number of amides is 5. The lowest BCUT2D eigenvalue weighted by molar-refractivity contribution is -0.135. The van der Waals surface area contributed by atoms with Gasteiger partial charge in [0.2, 0.25) is 11.8 Å². The molecule has 4 heterocycles. The van der Waals surface area contributed by atoms with Crippen LogP contribution in [0.4, 0.5) is 10.6 Å². The van der Waals surface area contributed by atoms with E-state index in [1.807, 2.05) is 11.8 Å². The highest BCUT2D eigenvalue weighted by Crippen LogP contribution is 2.66. The van der Waals surface area contributed by atoms with Crippen molar-refractivity contribution >= 4 is 70.6 Å². The third-order valence-corrected chi connectivity index (χ3v) is 18.3. The summed E-state index contributed by atoms with van der Waals surface area (Å²) in [7, 11) is -17.0. The number of unbranched alkanes of at least 4 members (excludes halogenated alkanes) is 1. The van der Waals surface area contributed by atoms with E-state index in [-0.39, 0.29) is 144 Å². The third-order valence-electron chi connectivity index (χ3n) is 13.0. The van der Waals surface area contributed by atoms with Gasteiger partial charge in [-0.15, -0.1) is 0 Å². The van der Waals surface area contributed by atoms with Crippen LogP contribution in [-0.4, -0.2) is 193 Å². The second kappa shape index (κ2) is 40.0. The van der Waals surface area contributed by atoms with Crippen LogP contribution in [0, 0.1) is 17.8 Å². The standard InChI is InChI=1S/C49H73N14O24P3S/c50-46-35(28-63(49(69)58-46)44-27-33(12-16-55-61-51)39(85-44)29-84-89(73,74)87-90(75,76)86-88(70,71)72)7-4-14-53-42(66)30-80-22-24-81-43(59-62-52)31-82-37-9-3-6-34(26-37)47(67)54-15-5-8-36(64)13-17-77-18-19-78-20-21-79-23-25-83-60-41(65)11-2-1-10-40-45-38(32-91-40)56-48(68)57-45/h3,6,9,26,28,33,38-40,43-45H,1-2,5,8,10-25,27,29-32H2,(H,53,66)(H,54,67)(H,60,65)(H,73,74)(H,75,76)(H2,50,58,69)(H2,56,57,68)(H2,70,71,72)/t33?,38?,39-,40?,43?,44-,45?/m1/s1. The number of ether oxygens (including phenoxy) is 7. The summed E-state index contributed by atoms with van der Waals surface area (Å²) in [6.45, 7) is 0.0501. The van der Waals surface area contributed by atoms with Gasteiger partial charge in [-0.25, -0.2) is 28.8 Å². The van der Waals surface area contributed by atoms with Gasteiger partial charge in [0, 0.05) is 64.9 Å². The van der Waals surface area contributed by atoms with Crippen LogP contribution in [0.5, 0.6) is 5.75 Å². The summed E-state index contributed by atoms with van der Waals surface area (Å²) in [6, 6.07) is 6.44. The van der Waals surface area contributed by atoms with Crippen LogP contribution >= 0.6 is 35.2 Å². The molecule has 0 radical (unpaired) electrons. The number of nitrogen functional groups attached to an aromatic ring is 1. The molecule has 3 aliphatic rings. The van der Waals surface area contributed by atoms with Crippen molar-refractivity contribution in [2.24, 2.45) is 16.1 Å². The Morgan fingerprint density at radius 2 is 1.63 bits per heavy atom. The van der Waals surface area contributed by atoms with Crippen LogP contribution in [0.2, 0.25) is 0 Å². The minimum absolute atomic E-state index is 0.00663. The molecular weight excluding hydrogens is 1290 g/mol. The molecule has 3 aliphatic heterocycles. The molecule has 0 aliphatic carbocycles. The fraction of sp³-hybridized carbons (Fsp3) is 0.653. The molecule has 91 heavy (non-hydrogen) atoms. The van der Waals surface area contributed by atoms with Crippen molar-refractivity contribution in [2.75, 3.05) is 110 Å². The average molecular weight is 1370 g/mol. The number of carbonyl (C=O) groups is 5. The minimum atomic E-state index is -5.81. The van der Waals surface area contributed by atoms with Crippen molar-refractivity contribution in [3.63, 3.8) is 0 Å². The lowest BCUT2D eigenvalue weighted by Gasteiger charge is -2.21. The number of hydroxylamine groups is 1. The van der Waals surface area contributed by atoms with Crippen molar-refractivity contribution in [2.45, 2.75) is 93.7 Å². The fourth-order valence-electron chi connectivity index (χ4n) is 8.77. The largest absolute Gasteiger partial charge is 0.491 e. The smallest absolute Gasteiger partial charge is 0.490 e. The maximum Gasteiger partial charge on any atom is 0.490 e. The first kappa shape index (κ1) is 75.4. The summed E-state index contributed by atoms with van der Waals surface area (Å²) < 4.78 is 87.1. The number of phosphoric acid groups is 3. The SMILES string of the molecule is [N-]=[N+]=NCCC1C[C@H](n2cc(C#CCNC(=O)COCCOC(COc3cccc(C(=O)NCCCC(=O)CCOCCOCCOCCONC(=O)CCCCC4SCC5NC(=O)NC54)c3)N=[N+]=[N-])c(N)nc2=O)O[C@@H]1COP(=O)(O)OP(=O)(O)OP(=O)(O)O. The van der Waals surface area contributed by atoms with E-state index in [1.165, 1.54) is 12.3 Å². The number of nitrogens with two attached hydrogens (primary N) is 1. The van der Waals surface area contributed by atoms with Gasteiger partial charge in [0.15, 0.2) is 6.23 Å². The van der Waals surface area contributed by atoms with E-state index in [2.05, 4.69) is 72.2 Å². The van der Waals surface area contributed by atoms with Crippen molar-refractivity contribution in [3.8, 4) is 17.6 Å². The quantitative estimate of drug-likeness (QED) is 0.00664. The Bertz CT molecular complexity index is 3110. The number of nitrogens with zero attached hydrogens (tertiary/aromatic N) is 8. The summed E-state index contributed by atoms with van der Waals surface area (Å²) in [5.41, 5.74) is 25.5. The first-order chi connectivity index (χ1) is 43.5. The zero-order chi connectivity index (χ0) is 66.1. The van der Waals surface area contributed by atoms with E-state index < -0.39 is 78.7 Å².